The third-order valence-corrected chi connectivity index (χ3v) is 6.40. The van der Waals surface area contributed by atoms with Gasteiger partial charge in [0.2, 0.25) is 5.95 Å². The average molecular weight is 631 g/mol. The normalized spacial score (nSPS) is 15.3. The van der Waals surface area contributed by atoms with Crippen molar-refractivity contribution in [3.63, 3.8) is 0 Å². The zero-order valence-corrected chi connectivity index (χ0v) is 25.4. The summed E-state index contributed by atoms with van der Waals surface area (Å²) in [7, 11) is 0. The van der Waals surface area contributed by atoms with Gasteiger partial charge in [0.1, 0.15) is 23.8 Å². The lowest BCUT2D eigenvalue weighted by atomic mass is 10.1. The SMILES string of the molecule is CC(C)(C)OC(=O)N1CCCCNC(=O)c2ccc(cc2)Cc2nc(nc(OCC(F)(F)F)n2)NCc2ccc(cc2)OCC1. The summed E-state index contributed by atoms with van der Waals surface area (Å²) in [5.41, 5.74) is 1.36. The van der Waals surface area contributed by atoms with Gasteiger partial charge in [-0.15, -0.1) is 0 Å². The number of nitrogens with zero attached hydrogens (tertiary/aromatic N) is 4. The summed E-state index contributed by atoms with van der Waals surface area (Å²) < 4.78 is 54.7. The van der Waals surface area contributed by atoms with E-state index in [4.69, 9.17) is 14.2 Å². The highest BCUT2D eigenvalue weighted by atomic mass is 19.4. The molecule has 0 atom stereocenters. The molecule has 242 valence electrons. The summed E-state index contributed by atoms with van der Waals surface area (Å²) in [6, 6.07) is 13.5. The van der Waals surface area contributed by atoms with Gasteiger partial charge in [-0.25, -0.2) is 4.79 Å². The van der Waals surface area contributed by atoms with Gasteiger partial charge in [-0.05, 0) is 69.0 Å². The van der Waals surface area contributed by atoms with Gasteiger partial charge in [0.15, 0.2) is 6.61 Å². The number of aromatic nitrogens is 3. The van der Waals surface area contributed by atoms with E-state index in [1.165, 1.54) is 0 Å². The monoisotopic (exact) mass is 630 g/mol. The molecule has 5 heterocycles. The highest BCUT2D eigenvalue weighted by molar-refractivity contribution is 5.94. The van der Waals surface area contributed by atoms with Crippen molar-refractivity contribution in [2.24, 2.45) is 0 Å². The molecule has 0 radical (unpaired) electrons. The summed E-state index contributed by atoms with van der Waals surface area (Å²) in [5.74, 6) is 0.579. The number of anilines is 1. The van der Waals surface area contributed by atoms with E-state index >= 15 is 0 Å². The maximum Gasteiger partial charge on any atom is 0.422 e. The van der Waals surface area contributed by atoms with Crippen LogP contribution in [0.15, 0.2) is 48.5 Å². The summed E-state index contributed by atoms with van der Waals surface area (Å²) in [6.45, 7) is 5.52. The van der Waals surface area contributed by atoms with Crippen LogP contribution in [0.3, 0.4) is 0 Å². The first-order valence-corrected chi connectivity index (χ1v) is 14.6. The van der Waals surface area contributed by atoms with E-state index in [2.05, 4.69) is 25.6 Å². The van der Waals surface area contributed by atoms with E-state index in [-0.39, 0.29) is 37.3 Å². The van der Waals surface area contributed by atoms with E-state index in [0.717, 1.165) is 11.1 Å². The molecule has 0 saturated heterocycles. The molecule has 1 aromatic heterocycles. The lowest BCUT2D eigenvalue weighted by Gasteiger charge is -2.27. The first-order chi connectivity index (χ1) is 21.3. The summed E-state index contributed by atoms with van der Waals surface area (Å²) in [5, 5.41) is 5.89. The molecule has 2 aromatic carbocycles. The zero-order valence-electron chi connectivity index (χ0n) is 25.4. The van der Waals surface area contributed by atoms with Gasteiger partial charge in [0, 0.05) is 31.6 Å². The van der Waals surface area contributed by atoms with Crippen LogP contribution in [0.2, 0.25) is 0 Å². The van der Waals surface area contributed by atoms with Gasteiger partial charge in [0.25, 0.3) is 5.91 Å². The zero-order chi connectivity index (χ0) is 32.5. The van der Waals surface area contributed by atoms with Crippen molar-refractivity contribution < 1.29 is 37.0 Å². The van der Waals surface area contributed by atoms with Crippen LogP contribution >= 0.6 is 0 Å². The predicted octanol–water partition coefficient (Wildman–Crippen LogP) is 5.16. The Morgan fingerprint density at radius 2 is 1.64 bits per heavy atom. The second-order valence-electron chi connectivity index (χ2n) is 11.4. The molecule has 14 heteroatoms. The molecule has 2 amide bonds. The van der Waals surface area contributed by atoms with Crippen LogP contribution in [0, 0.1) is 0 Å². The molecule has 4 aliphatic heterocycles. The minimum Gasteiger partial charge on any atom is -0.492 e. The Morgan fingerprint density at radius 3 is 2.33 bits per heavy atom. The predicted molar refractivity (Wildman–Crippen MR) is 159 cm³/mol. The van der Waals surface area contributed by atoms with Crippen LogP contribution in [0.5, 0.6) is 11.8 Å². The van der Waals surface area contributed by atoms with Crippen LogP contribution in [-0.4, -0.2) is 76.5 Å². The molecule has 0 unspecified atom stereocenters. The maximum absolute atomic E-state index is 12.8. The smallest absolute Gasteiger partial charge is 0.422 e. The fraction of sp³-hybridized carbons (Fsp3) is 0.452. The number of hydrogen-bond acceptors (Lipinski definition) is 9. The Morgan fingerprint density at radius 1 is 0.933 bits per heavy atom. The Hall–Kier alpha value is -4.62. The minimum atomic E-state index is -4.56. The van der Waals surface area contributed by atoms with Crippen LogP contribution < -0.4 is 20.1 Å². The van der Waals surface area contributed by atoms with Crippen molar-refractivity contribution in [2.45, 2.75) is 58.4 Å². The number of rotatable bonds is 2. The van der Waals surface area contributed by atoms with Gasteiger partial charge in [-0.3, -0.25) is 4.79 Å². The molecule has 0 fully saturated rings. The highest BCUT2D eigenvalue weighted by Crippen LogP contribution is 2.19. The summed E-state index contributed by atoms with van der Waals surface area (Å²) in [4.78, 5) is 39.5. The fourth-order valence-electron chi connectivity index (χ4n) is 4.23. The highest BCUT2D eigenvalue weighted by Gasteiger charge is 2.29. The number of hydrogen-bond donors (Lipinski definition) is 2. The number of nitrogens with one attached hydrogen (secondary N) is 2. The number of carbonyl (C=O) groups is 2. The lowest BCUT2D eigenvalue weighted by Crippen LogP contribution is -2.40. The number of halogens is 3. The molecule has 2 N–H and O–H groups in total. The van der Waals surface area contributed by atoms with E-state index in [1.807, 2.05) is 12.1 Å². The van der Waals surface area contributed by atoms with E-state index in [9.17, 15) is 22.8 Å². The molecule has 3 aromatic rings. The van der Waals surface area contributed by atoms with Gasteiger partial charge in [-0.2, -0.15) is 28.1 Å². The van der Waals surface area contributed by atoms with Crippen molar-refractivity contribution in [1.82, 2.24) is 25.2 Å². The second kappa shape index (κ2) is 14.9. The van der Waals surface area contributed by atoms with E-state index < -0.39 is 30.5 Å². The Kier molecular flexibility index (Phi) is 11.0. The molecule has 4 aliphatic rings. The molecule has 45 heavy (non-hydrogen) atoms. The number of benzene rings is 2. The van der Waals surface area contributed by atoms with Crippen LogP contribution in [-0.2, 0) is 17.7 Å². The molecular formula is C31H37F3N6O5. The van der Waals surface area contributed by atoms with Gasteiger partial charge in [-0.1, -0.05) is 24.3 Å². The molecule has 0 aliphatic carbocycles. The molecule has 0 spiro atoms. The van der Waals surface area contributed by atoms with Crippen LogP contribution in [0.25, 0.3) is 0 Å². The number of alkyl halides is 3. The van der Waals surface area contributed by atoms with Crippen molar-refractivity contribution in [1.29, 1.82) is 0 Å². The summed E-state index contributed by atoms with van der Waals surface area (Å²) in [6.07, 6.45) is -3.55. The first-order valence-electron chi connectivity index (χ1n) is 14.6. The van der Waals surface area contributed by atoms with Gasteiger partial charge < -0.3 is 29.7 Å². The molecule has 7 rings (SSSR count). The molecule has 11 nitrogen and oxygen atoms in total. The number of ether oxygens (including phenoxy) is 3. The van der Waals surface area contributed by atoms with E-state index in [0.29, 0.717) is 43.8 Å². The van der Waals surface area contributed by atoms with Gasteiger partial charge in [0.05, 0.1) is 6.54 Å². The van der Waals surface area contributed by atoms with Gasteiger partial charge >= 0.3 is 18.3 Å². The molecule has 6 bridgehead atoms. The Bertz CT molecular complexity index is 1430. The third kappa shape index (κ3) is 11.4. The maximum atomic E-state index is 12.8. The fourth-order valence-corrected chi connectivity index (χ4v) is 4.23. The van der Waals surface area contributed by atoms with E-state index in [1.54, 1.807) is 62.1 Å². The third-order valence-electron chi connectivity index (χ3n) is 6.40. The largest absolute Gasteiger partial charge is 0.492 e. The number of carbonyl (C=O) groups excluding carboxylic acids is 2. The standard InChI is InChI=1S/C31H37F3N6O5/c1-30(2,3)45-29(42)40-15-5-4-14-35-26(41)23-10-6-21(7-11-23)18-25-37-27(39-28(38-25)44-20-31(32,33)34)36-19-22-8-12-24(13-9-22)43-17-16-40/h6-13H,4-5,14-20H2,1-3H3,(H,35,41)(H,36,37,38,39). The van der Waals surface area contributed by atoms with Crippen molar-refractivity contribution in [2.75, 3.05) is 38.2 Å². The first kappa shape index (κ1) is 33.3. The van der Waals surface area contributed by atoms with Crippen molar-refractivity contribution in [3.8, 4) is 11.8 Å². The van der Waals surface area contributed by atoms with Crippen molar-refractivity contribution in [3.05, 3.63) is 71.0 Å². The average Bonchev–Trinajstić information content (AvgIpc) is 2.97. The van der Waals surface area contributed by atoms with Crippen molar-refractivity contribution >= 4 is 17.9 Å². The lowest BCUT2D eigenvalue weighted by molar-refractivity contribution is -0.154. The second-order valence-corrected chi connectivity index (χ2v) is 11.4. The Labute approximate surface area is 259 Å². The minimum absolute atomic E-state index is 0.0465. The number of amides is 2. The Balaban J connectivity index is 1.54. The van der Waals surface area contributed by atoms with Crippen LogP contribution in [0.1, 0.15) is 60.9 Å². The van der Waals surface area contributed by atoms with Crippen LogP contribution in [0.4, 0.5) is 23.9 Å². The molecule has 0 saturated carbocycles. The molecular weight excluding hydrogens is 593 g/mol. The quantitative estimate of drug-likeness (QED) is 0.395. The topological polar surface area (TPSA) is 128 Å². The summed E-state index contributed by atoms with van der Waals surface area (Å²) >= 11 is 0.